The van der Waals surface area contributed by atoms with Gasteiger partial charge in [-0.2, -0.15) is 0 Å². The molecule has 24 heavy (non-hydrogen) atoms. The van der Waals surface area contributed by atoms with Gasteiger partial charge in [-0.1, -0.05) is 18.2 Å². The number of para-hydroxylation sites is 1. The third kappa shape index (κ3) is 2.91. The summed E-state index contributed by atoms with van der Waals surface area (Å²) in [5.41, 5.74) is 1.06. The highest BCUT2D eigenvalue weighted by Crippen LogP contribution is 2.24. The van der Waals surface area contributed by atoms with Gasteiger partial charge in [-0.05, 0) is 25.1 Å². The number of amides is 1. The van der Waals surface area contributed by atoms with E-state index in [1.807, 2.05) is 0 Å². The number of anilines is 1. The summed E-state index contributed by atoms with van der Waals surface area (Å²) < 4.78 is 13.9. The lowest BCUT2D eigenvalue weighted by Gasteiger charge is -2.09. The molecule has 7 heteroatoms. The summed E-state index contributed by atoms with van der Waals surface area (Å²) in [6, 6.07) is 11.6. The Labute approximate surface area is 136 Å². The van der Waals surface area contributed by atoms with Gasteiger partial charge in [0.2, 0.25) is 0 Å². The monoisotopic (exact) mass is 325 g/mol. The molecule has 6 nitrogen and oxygen atoms in total. The standard InChI is InChI=1S/C17H12FN3O3/c1-10-8-13(12-4-2-3-5-15(12)19-10)17(22)20-16-9-11(21(23)24)6-7-14(16)18/h2-9H,1H3,(H,20,22). The summed E-state index contributed by atoms with van der Waals surface area (Å²) in [5, 5.41) is 13.8. The second kappa shape index (κ2) is 6.04. The van der Waals surface area contributed by atoms with Crippen molar-refractivity contribution in [3.63, 3.8) is 0 Å². The number of fused-ring (bicyclic) bond motifs is 1. The second-order valence-electron chi connectivity index (χ2n) is 5.20. The van der Waals surface area contributed by atoms with Gasteiger partial charge in [0, 0.05) is 23.2 Å². The summed E-state index contributed by atoms with van der Waals surface area (Å²) >= 11 is 0. The van der Waals surface area contributed by atoms with Crippen molar-refractivity contribution >= 4 is 28.2 Å². The van der Waals surface area contributed by atoms with Crippen LogP contribution >= 0.6 is 0 Å². The van der Waals surface area contributed by atoms with Gasteiger partial charge in [-0.15, -0.1) is 0 Å². The Morgan fingerprint density at radius 2 is 1.96 bits per heavy atom. The number of hydrogen-bond donors (Lipinski definition) is 1. The molecule has 1 N–H and O–H groups in total. The predicted octanol–water partition coefficient (Wildman–Crippen LogP) is 3.84. The average molecular weight is 325 g/mol. The van der Waals surface area contributed by atoms with Crippen LogP contribution in [0, 0.1) is 22.9 Å². The Balaban J connectivity index is 2.02. The summed E-state index contributed by atoms with van der Waals surface area (Å²) in [4.78, 5) is 27.0. The van der Waals surface area contributed by atoms with Gasteiger partial charge < -0.3 is 5.32 Å². The number of halogens is 1. The van der Waals surface area contributed by atoms with Crippen LogP contribution in [-0.4, -0.2) is 15.8 Å². The minimum absolute atomic E-state index is 0.243. The van der Waals surface area contributed by atoms with Crippen LogP contribution in [0.4, 0.5) is 15.8 Å². The summed E-state index contributed by atoms with van der Waals surface area (Å²) in [6.45, 7) is 1.75. The molecule has 0 atom stereocenters. The number of aryl methyl sites for hydroxylation is 1. The van der Waals surface area contributed by atoms with E-state index in [0.717, 1.165) is 18.2 Å². The fraction of sp³-hybridized carbons (Fsp3) is 0.0588. The number of nitro groups is 1. The largest absolute Gasteiger partial charge is 0.319 e. The molecule has 3 aromatic rings. The first-order valence-corrected chi connectivity index (χ1v) is 7.07. The number of nitrogens with zero attached hydrogens (tertiary/aromatic N) is 2. The number of rotatable bonds is 3. The number of pyridine rings is 1. The number of benzene rings is 2. The maximum absolute atomic E-state index is 13.9. The maximum Gasteiger partial charge on any atom is 0.271 e. The molecule has 0 radical (unpaired) electrons. The molecular formula is C17H12FN3O3. The number of nitro benzene ring substituents is 1. The van der Waals surface area contributed by atoms with E-state index in [1.54, 1.807) is 37.3 Å². The average Bonchev–Trinajstić information content (AvgIpc) is 2.55. The van der Waals surface area contributed by atoms with Crippen LogP contribution in [0.1, 0.15) is 16.1 Å². The SMILES string of the molecule is Cc1cc(C(=O)Nc2cc([N+](=O)[O-])ccc2F)c2ccccc2n1. The van der Waals surface area contributed by atoms with E-state index >= 15 is 0 Å². The van der Waals surface area contributed by atoms with Crippen LogP contribution in [0.15, 0.2) is 48.5 Å². The van der Waals surface area contributed by atoms with Crippen LogP contribution in [0.25, 0.3) is 10.9 Å². The lowest BCUT2D eigenvalue weighted by Crippen LogP contribution is -2.14. The molecule has 1 amide bonds. The molecule has 0 bridgehead atoms. The van der Waals surface area contributed by atoms with Crippen molar-refractivity contribution < 1.29 is 14.1 Å². The van der Waals surface area contributed by atoms with Crippen molar-refractivity contribution in [1.29, 1.82) is 0 Å². The van der Waals surface area contributed by atoms with Crippen LogP contribution < -0.4 is 5.32 Å². The maximum atomic E-state index is 13.9. The van der Waals surface area contributed by atoms with E-state index in [1.165, 1.54) is 0 Å². The third-order valence-electron chi connectivity index (χ3n) is 3.50. The molecule has 0 aliphatic carbocycles. The zero-order valence-corrected chi connectivity index (χ0v) is 12.6. The zero-order chi connectivity index (χ0) is 17.3. The minimum Gasteiger partial charge on any atom is -0.319 e. The molecule has 2 aromatic carbocycles. The first kappa shape index (κ1) is 15.5. The molecule has 0 aliphatic heterocycles. The Bertz CT molecular complexity index is 972. The normalized spacial score (nSPS) is 10.6. The highest BCUT2D eigenvalue weighted by Gasteiger charge is 2.16. The molecular weight excluding hydrogens is 313 g/mol. The zero-order valence-electron chi connectivity index (χ0n) is 12.6. The van der Waals surface area contributed by atoms with Gasteiger partial charge in [-0.3, -0.25) is 19.9 Å². The van der Waals surface area contributed by atoms with Gasteiger partial charge in [0.1, 0.15) is 5.82 Å². The molecule has 0 unspecified atom stereocenters. The number of non-ortho nitro benzene ring substituents is 1. The lowest BCUT2D eigenvalue weighted by atomic mass is 10.1. The van der Waals surface area contributed by atoms with Gasteiger partial charge in [0.05, 0.1) is 21.7 Å². The topological polar surface area (TPSA) is 85.1 Å². The van der Waals surface area contributed by atoms with Crippen molar-refractivity contribution in [3.05, 3.63) is 75.7 Å². The van der Waals surface area contributed by atoms with Crippen molar-refractivity contribution in [2.24, 2.45) is 0 Å². The Morgan fingerprint density at radius 1 is 1.21 bits per heavy atom. The third-order valence-corrected chi connectivity index (χ3v) is 3.50. The van der Waals surface area contributed by atoms with E-state index in [0.29, 0.717) is 22.2 Å². The molecule has 0 saturated carbocycles. The van der Waals surface area contributed by atoms with Crippen molar-refractivity contribution in [3.8, 4) is 0 Å². The molecule has 120 valence electrons. The highest BCUT2D eigenvalue weighted by molar-refractivity contribution is 6.12. The molecule has 3 rings (SSSR count). The number of nitrogens with one attached hydrogen (secondary N) is 1. The minimum atomic E-state index is -0.746. The first-order chi connectivity index (χ1) is 11.5. The van der Waals surface area contributed by atoms with Crippen LogP contribution in [-0.2, 0) is 0 Å². The quantitative estimate of drug-likeness (QED) is 0.585. The summed E-state index contributed by atoms with van der Waals surface area (Å²) in [7, 11) is 0. The number of carbonyl (C=O) groups is 1. The van der Waals surface area contributed by atoms with E-state index in [4.69, 9.17) is 0 Å². The summed E-state index contributed by atoms with van der Waals surface area (Å²) in [5.74, 6) is -1.31. The van der Waals surface area contributed by atoms with Crippen LogP contribution in [0.5, 0.6) is 0 Å². The number of aromatic nitrogens is 1. The molecule has 1 aromatic heterocycles. The van der Waals surface area contributed by atoms with Gasteiger partial charge in [0.25, 0.3) is 11.6 Å². The number of hydrogen-bond acceptors (Lipinski definition) is 4. The van der Waals surface area contributed by atoms with E-state index in [2.05, 4.69) is 10.3 Å². The van der Waals surface area contributed by atoms with E-state index < -0.39 is 16.6 Å². The fourth-order valence-electron chi connectivity index (χ4n) is 2.41. The van der Waals surface area contributed by atoms with Gasteiger partial charge >= 0.3 is 0 Å². The lowest BCUT2D eigenvalue weighted by molar-refractivity contribution is -0.384. The van der Waals surface area contributed by atoms with Gasteiger partial charge in [0.15, 0.2) is 0 Å². The molecule has 0 aliphatic rings. The Kier molecular flexibility index (Phi) is 3.91. The van der Waals surface area contributed by atoms with Gasteiger partial charge in [-0.25, -0.2) is 4.39 Å². The Morgan fingerprint density at radius 3 is 2.71 bits per heavy atom. The molecule has 0 fully saturated rings. The molecule has 1 heterocycles. The summed E-state index contributed by atoms with van der Waals surface area (Å²) in [6.07, 6.45) is 0. The highest BCUT2D eigenvalue weighted by atomic mass is 19.1. The fourth-order valence-corrected chi connectivity index (χ4v) is 2.41. The smallest absolute Gasteiger partial charge is 0.271 e. The Hall–Kier alpha value is -3.35. The van der Waals surface area contributed by atoms with Crippen molar-refractivity contribution in [2.75, 3.05) is 5.32 Å². The van der Waals surface area contributed by atoms with Crippen molar-refractivity contribution in [1.82, 2.24) is 4.98 Å². The van der Waals surface area contributed by atoms with E-state index in [-0.39, 0.29) is 11.4 Å². The first-order valence-electron chi connectivity index (χ1n) is 7.07. The molecule has 0 saturated heterocycles. The molecule has 0 spiro atoms. The van der Waals surface area contributed by atoms with Crippen LogP contribution in [0.2, 0.25) is 0 Å². The van der Waals surface area contributed by atoms with E-state index in [9.17, 15) is 19.3 Å². The number of carbonyl (C=O) groups excluding carboxylic acids is 1. The van der Waals surface area contributed by atoms with Crippen LogP contribution in [0.3, 0.4) is 0 Å². The second-order valence-corrected chi connectivity index (χ2v) is 5.20. The predicted molar refractivity (Wildman–Crippen MR) is 87.5 cm³/mol. The van der Waals surface area contributed by atoms with Crippen molar-refractivity contribution in [2.45, 2.75) is 6.92 Å².